The Morgan fingerprint density at radius 2 is 2.11 bits per heavy atom. The van der Waals surface area contributed by atoms with Gasteiger partial charge in [-0.25, -0.2) is 0 Å². The second-order valence-electron chi connectivity index (χ2n) is 1.85. The molecule has 0 radical (unpaired) electrons. The molecule has 1 rings (SSSR count). The topological polar surface area (TPSA) is 0 Å². The van der Waals surface area contributed by atoms with E-state index >= 15 is 0 Å². The molecule has 0 nitrogen and oxygen atoms in total. The predicted octanol–water partition coefficient (Wildman–Crippen LogP) is 2.37. The van der Waals surface area contributed by atoms with Crippen LogP contribution in [0.5, 0.6) is 0 Å². The first-order valence-electron chi connectivity index (χ1n) is 2.90. The summed E-state index contributed by atoms with van der Waals surface area (Å²) in [4.78, 5) is 0. The van der Waals surface area contributed by atoms with Crippen LogP contribution in [0.1, 0.15) is 6.92 Å². The lowest BCUT2D eigenvalue weighted by Gasteiger charge is -1.81. The maximum Gasteiger partial charge on any atom is -0.00910 e. The molecule has 9 heavy (non-hydrogen) atoms. The highest BCUT2D eigenvalue weighted by Crippen LogP contribution is 1.93. The average molecular weight is 116 g/mol. The second-order valence-corrected chi connectivity index (χ2v) is 1.85. The summed E-state index contributed by atoms with van der Waals surface area (Å²) in [5, 5.41) is 0. The fraction of sp³-hybridized carbons (Fsp3) is 0.111. The molecule has 0 saturated carbocycles. The minimum absolute atomic E-state index is 1.14. The van der Waals surface area contributed by atoms with Gasteiger partial charge in [-0.2, -0.15) is 0 Å². The molecule has 0 aromatic rings. The Balaban J connectivity index is 3.05. The molecular weight excluding hydrogens is 108 g/mol. The summed E-state index contributed by atoms with van der Waals surface area (Å²) in [6.45, 7) is 2.01. The van der Waals surface area contributed by atoms with Crippen molar-refractivity contribution < 1.29 is 0 Å². The van der Waals surface area contributed by atoms with Gasteiger partial charge in [-0.05, 0) is 30.7 Å². The first-order chi connectivity index (χ1) is 4.39. The van der Waals surface area contributed by atoms with Crippen LogP contribution < -0.4 is 0 Å². The van der Waals surface area contributed by atoms with Crippen molar-refractivity contribution in [1.82, 2.24) is 0 Å². The number of hydrogen-bond acceptors (Lipinski definition) is 0. The third-order valence-electron chi connectivity index (χ3n) is 1.03. The summed E-state index contributed by atoms with van der Waals surface area (Å²) in [5.41, 5.74) is 7.13. The van der Waals surface area contributed by atoms with Gasteiger partial charge in [-0.3, -0.25) is 0 Å². The molecule has 0 aliphatic heterocycles. The smallest absolute Gasteiger partial charge is 0.00910 e. The molecule has 0 unspecified atom stereocenters. The highest BCUT2D eigenvalue weighted by molar-refractivity contribution is 5.23. The third-order valence-corrected chi connectivity index (χ3v) is 1.03. The largest absolute Gasteiger partial charge is 0.120 e. The van der Waals surface area contributed by atoms with Gasteiger partial charge in [0.1, 0.15) is 0 Å². The minimum atomic E-state index is 1.14. The fourth-order valence-electron chi connectivity index (χ4n) is 0.573. The molecule has 44 valence electrons. The SMILES string of the molecule is CC1=C=CC=C=CC=C1. The number of allylic oxidation sites excluding steroid dienone is 4. The van der Waals surface area contributed by atoms with Crippen LogP contribution in [0.3, 0.4) is 0 Å². The Bertz CT molecular complexity index is 239. The summed E-state index contributed by atoms with van der Waals surface area (Å²) in [6, 6.07) is 0. The predicted molar refractivity (Wildman–Crippen MR) is 39.1 cm³/mol. The molecule has 1 aliphatic rings. The molecule has 0 N–H and O–H groups in total. The number of rotatable bonds is 0. The van der Waals surface area contributed by atoms with Crippen molar-refractivity contribution in [2.75, 3.05) is 0 Å². The molecule has 1 aliphatic carbocycles. The quantitative estimate of drug-likeness (QED) is 0.426. The van der Waals surface area contributed by atoms with Gasteiger partial charge in [0.15, 0.2) is 0 Å². The maximum absolute atomic E-state index is 3.05. The van der Waals surface area contributed by atoms with Crippen molar-refractivity contribution in [3.63, 3.8) is 0 Å². The summed E-state index contributed by atoms with van der Waals surface area (Å²) in [7, 11) is 0. The first kappa shape index (κ1) is 5.91. The van der Waals surface area contributed by atoms with Crippen LogP contribution in [-0.4, -0.2) is 0 Å². The molecule has 0 heteroatoms. The van der Waals surface area contributed by atoms with Crippen molar-refractivity contribution >= 4 is 0 Å². The molecule has 0 saturated heterocycles. The van der Waals surface area contributed by atoms with E-state index in [1.54, 1.807) is 0 Å². The van der Waals surface area contributed by atoms with Crippen LogP contribution in [0.2, 0.25) is 0 Å². The lowest BCUT2D eigenvalue weighted by Crippen LogP contribution is -1.62. The van der Waals surface area contributed by atoms with Crippen LogP contribution in [0.25, 0.3) is 0 Å². The highest BCUT2D eigenvalue weighted by atomic mass is 13.8. The zero-order valence-electron chi connectivity index (χ0n) is 5.39. The van der Waals surface area contributed by atoms with Gasteiger partial charge in [-0.1, -0.05) is 12.2 Å². The summed E-state index contributed by atoms with van der Waals surface area (Å²) in [6.07, 6.45) is 9.52. The van der Waals surface area contributed by atoms with Gasteiger partial charge in [0.25, 0.3) is 0 Å². The first-order valence-corrected chi connectivity index (χ1v) is 2.90. The molecule has 0 bridgehead atoms. The van der Waals surface area contributed by atoms with Gasteiger partial charge >= 0.3 is 0 Å². The van der Waals surface area contributed by atoms with E-state index in [1.165, 1.54) is 0 Å². The van der Waals surface area contributed by atoms with Gasteiger partial charge in [0, 0.05) is 0 Å². The van der Waals surface area contributed by atoms with Crippen molar-refractivity contribution in [3.05, 3.63) is 47.4 Å². The fourth-order valence-corrected chi connectivity index (χ4v) is 0.573. The monoisotopic (exact) mass is 116 g/mol. The Labute approximate surface area is 55.2 Å². The van der Waals surface area contributed by atoms with E-state index in [-0.39, 0.29) is 0 Å². The van der Waals surface area contributed by atoms with E-state index < -0.39 is 0 Å². The highest BCUT2D eigenvalue weighted by Gasteiger charge is 1.74. The van der Waals surface area contributed by atoms with E-state index in [2.05, 4.69) is 11.5 Å². The van der Waals surface area contributed by atoms with Crippen LogP contribution in [0.4, 0.5) is 0 Å². The zero-order chi connectivity index (χ0) is 6.53. The van der Waals surface area contributed by atoms with Gasteiger partial charge in [-0.15, -0.1) is 11.5 Å². The van der Waals surface area contributed by atoms with Gasteiger partial charge in [0.05, 0.1) is 0 Å². The van der Waals surface area contributed by atoms with Crippen molar-refractivity contribution in [2.24, 2.45) is 0 Å². The van der Waals surface area contributed by atoms with E-state index in [1.807, 2.05) is 37.3 Å². The molecule has 0 heterocycles. The molecule has 0 atom stereocenters. The summed E-state index contributed by atoms with van der Waals surface area (Å²) < 4.78 is 0. The Kier molecular flexibility index (Phi) is 1.93. The summed E-state index contributed by atoms with van der Waals surface area (Å²) in [5.74, 6) is 0. The van der Waals surface area contributed by atoms with Crippen LogP contribution in [0.15, 0.2) is 47.4 Å². The Hall–Kier alpha value is -1.22. The van der Waals surface area contributed by atoms with Crippen LogP contribution in [0, 0.1) is 0 Å². The minimum Gasteiger partial charge on any atom is -0.120 e. The summed E-state index contributed by atoms with van der Waals surface area (Å²) >= 11 is 0. The van der Waals surface area contributed by atoms with Crippen LogP contribution in [-0.2, 0) is 0 Å². The average Bonchev–Trinajstić information content (AvgIpc) is 1.79. The molecule has 0 amide bonds. The van der Waals surface area contributed by atoms with Gasteiger partial charge < -0.3 is 0 Å². The van der Waals surface area contributed by atoms with E-state index in [0.29, 0.717) is 0 Å². The second kappa shape index (κ2) is 2.94. The van der Waals surface area contributed by atoms with E-state index in [9.17, 15) is 0 Å². The third kappa shape index (κ3) is 2.01. The Morgan fingerprint density at radius 3 is 3.00 bits per heavy atom. The van der Waals surface area contributed by atoms with E-state index in [0.717, 1.165) is 5.57 Å². The number of hydrogen-bond donors (Lipinski definition) is 0. The zero-order valence-corrected chi connectivity index (χ0v) is 5.39. The normalized spacial score (nSPS) is 15.0. The van der Waals surface area contributed by atoms with Crippen molar-refractivity contribution in [3.8, 4) is 0 Å². The molecule has 0 spiro atoms. The standard InChI is InChI=1S/C9H8/c1-9-7-5-3-2-4-6-8-9/h3-7H,1H3. The molecule has 0 aromatic carbocycles. The molecule has 0 fully saturated rings. The van der Waals surface area contributed by atoms with Crippen molar-refractivity contribution in [2.45, 2.75) is 6.92 Å². The van der Waals surface area contributed by atoms with Gasteiger partial charge in [0.2, 0.25) is 0 Å². The maximum atomic E-state index is 3.05. The van der Waals surface area contributed by atoms with Crippen LogP contribution >= 0.6 is 0 Å². The molecular formula is C9H8. The van der Waals surface area contributed by atoms with E-state index in [4.69, 9.17) is 0 Å². The lowest BCUT2D eigenvalue weighted by molar-refractivity contribution is 1.54. The molecule has 0 aromatic heterocycles. The Morgan fingerprint density at radius 1 is 1.22 bits per heavy atom. The van der Waals surface area contributed by atoms with Crippen molar-refractivity contribution in [1.29, 1.82) is 0 Å². The lowest BCUT2D eigenvalue weighted by atomic mass is 10.2.